The molecule has 7 nitrogen and oxygen atoms in total. The van der Waals surface area contributed by atoms with Crippen molar-refractivity contribution >= 4 is 21.6 Å². The molecule has 0 saturated heterocycles. The lowest BCUT2D eigenvalue weighted by Crippen LogP contribution is -2.12. The number of non-ortho nitro benzene ring substituents is 1. The van der Waals surface area contributed by atoms with Gasteiger partial charge in [0.15, 0.2) is 0 Å². The summed E-state index contributed by atoms with van der Waals surface area (Å²) in [4.78, 5) is 10.2. The van der Waals surface area contributed by atoms with Crippen LogP contribution < -0.4 is 4.74 Å². The van der Waals surface area contributed by atoms with Gasteiger partial charge in [-0.3, -0.25) is 10.1 Å². The quantitative estimate of drug-likeness (QED) is 0.341. The summed E-state index contributed by atoms with van der Waals surface area (Å²) in [6.07, 6.45) is 0. The molecule has 0 aromatic heterocycles. The summed E-state index contributed by atoms with van der Waals surface area (Å²) in [6.45, 7) is 2.75. The molecule has 0 fully saturated rings. The summed E-state index contributed by atoms with van der Waals surface area (Å²) in [5.74, 6) is 0.427. The molecule has 0 bridgehead atoms. The fraction of sp³-hybridized carbons (Fsp3) is 0.538. The summed E-state index contributed by atoms with van der Waals surface area (Å²) >= 11 is 3.20. The second kappa shape index (κ2) is 10.5. The van der Waals surface area contributed by atoms with Gasteiger partial charge in [-0.15, -0.1) is 0 Å². The fourth-order valence-corrected chi connectivity index (χ4v) is 1.88. The summed E-state index contributed by atoms with van der Waals surface area (Å²) < 4.78 is 21.4. The van der Waals surface area contributed by atoms with Crippen molar-refractivity contribution in [1.29, 1.82) is 0 Å². The van der Waals surface area contributed by atoms with Crippen molar-refractivity contribution in [3.05, 3.63) is 32.8 Å². The van der Waals surface area contributed by atoms with Crippen LogP contribution >= 0.6 is 15.9 Å². The maximum Gasteiger partial charge on any atom is 0.274 e. The van der Waals surface area contributed by atoms with Gasteiger partial charge >= 0.3 is 0 Å². The van der Waals surface area contributed by atoms with Gasteiger partial charge < -0.3 is 18.9 Å². The largest absolute Gasteiger partial charge is 0.491 e. The Bertz CT molecular complexity index is 443. The molecule has 1 aromatic carbocycles. The topological polar surface area (TPSA) is 80.1 Å². The number of hydrogen-bond donors (Lipinski definition) is 0. The van der Waals surface area contributed by atoms with Crippen LogP contribution in [0.5, 0.6) is 5.75 Å². The van der Waals surface area contributed by atoms with Crippen molar-refractivity contribution in [2.75, 3.05) is 46.8 Å². The number of halogens is 1. The van der Waals surface area contributed by atoms with Gasteiger partial charge in [0.2, 0.25) is 0 Å². The van der Waals surface area contributed by atoms with Crippen LogP contribution in [0, 0.1) is 10.1 Å². The minimum Gasteiger partial charge on any atom is -0.491 e. The van der Waals surface area contributed by atoms with Crippen molar-refractivity contribution in [1.82, 2.24) is 0 Å². The Labute approximate surface area is 131 Å². The fourth-order valence-electron chi connectivity index (χ4n) is 1.42. The number of ether oxygens (including phenoxy) is 4. The SMILES string of the molecule is COCCOCCOCCOc1cc(Br)cc([N+](=O)[O-])c1. The van der Waals surface area contributed by atoms with Gasteiger partial charge in [-0.1, -0.05) is 15.9 Å². The second-order valence-corrected chi connectivity index (χ2v) is 4.88. The Morgan fingerprint density at radius 3 is 2.29 bits per heavy atom. The smallest absolute Gasteiger partial charge is 0.274 e. The highest BCUT2D eigenvalue weighted by Gasteiger charge is 2.09. The third-order valence-electron chi connectivity index (χ3n) is 2.37. The number of methoxy groups -OCH3 is 1. The summed E-state index contributed by atoms with van der Waals surface area (Å²) in [5.41, 5.74) is -0.0214. The Morgan fingerprint density at radius 2 is 1.67 bits per heavy atom. The highest BCUT2D eigenvalue weighted by molar-refractivity contribution is 9.10. The third-order valence-corrected chi connectivity index (χ3v) is 2.82. The number of hydrogen-bond acceptors (Lipinski definition) is 6. The molecule has 0 heterocycles. The third kappa shape index (κ3) is 7.96. The number of nitrogens with zero attached hydrogens (tertiary/aromatic N) is 1. The maximum absolute atomic E-state index is 10.7. The van der Waals surface area contributed by atoms with Gasteiger partial charge in [-0.25, -0.2) is 0 Å². The molecule has 0 aliphatic carbocycles. The predicted molar refractivity (Wildman–Crippen MR) is 79.8 cm³/mol. The van der Waals surface area contributed by atoms with Crippen LogP contribution in [0.25, 0.3) is 0 Å². The van der Waals surface area contributed by atoms with Gasteiger partial charge in [-0.2, -0.15) is 0 Å². The molecule has 21 heavy (non-hydrogen) atoms. The van der Waals surface area contributed by atoms with Crippen LogP contribution in [0.15, 0.2) is 22.7 Å². The van der Waals surface area contributed by atoms with Crippen LogP contribution in [0.2, 0.25) is 0 Å². The van der Waals surface area contributed by atoms with Gasteiger partial charge in [0, 0.05) is 17.6 Å². The van der Waals surface area contributed by atoms with Crippen LogP contribution in [-0.2, 0) is 14.2 Å². The monoisotopic (exact) mass is 363 g/mol. The lowest BCUT2D eigenvalue weighted by atomic mass is 10.3. The molecule has 1 aromatic rings. The van der Waals surface area contributed by atoms with E-state index in [9.17, 15) is 10.1 Å². The molecule has 0 amide bonds. The first-order valence-corrected chi connectivity index (χ1v) is 7.15. The molecule has 8 heteroatoms. The van der Waals surface area contributed by atoms with Gasteiger partial charge in [0.1, 0.15) is 12.4 Å². The zero-order valence-electron chi connectivity index (χ0n) is 11.7. The molecule has 0 aliphatic rings. The van der Waals surface area contributed by atoms with Gasteiger partial charge in [0.25, 0.3) is 5.69 Å². The molecule has 0 unspecified atom stereocenters. The Morgan fingerprint density at radius 1 is 1.05 bits per heavy atom. The first-order valence-electron chi connectivity index (χ1n) is 6.35. The van der Waals surface area contributed by atoms with E-state index in [2.05, 4.69) is 15.9 Å². The molecule has 0 spiro atoms. The number of benzene rings is 1. The molecular weight excluding hydrogens is 346 g/mol. The Kier molecular flexibility index (Phi) is 8.91. The normalized spacial score (nSPS) is 10.6. The van der Waals surface area contributed by atoms with Crippen LogP contribution in [-0.4, -0.2) is 51.7 Å². The molecule has 118 valence electrons. The van der Waals surface area contributed by atoms with E-state index >= 15 is 0 Å². The average molecular weight is 364 g/mol. The first kappa shape index (κ1) is 17.8. The summed E-state index contributed by atoms with van der Waals surface area (Å²) in [5, 5.41) is 10.7. The van der Waals surface area contributed by atoms with E-state index in [0.717, 1.165) is 0 Å². The van der Waals surface area contributed by atoms with Crippen LogP contribution in [0.4, 0.5) is 5.69 Å². The minimum atomic E-state index is -0.467. The average Bonchev–Trinajstić information content (AvgIpc) is 2.45. The van der Waals surface area contributed by atoms with E-state index in [-0.39, 0.29) is 5.69 Å². The van der Waals surface area contributed by atoms with Crippen molar-refractivity contribution in [3.63, 3.8) is 0 Å². The van der Waals surface area contributed by atoms with Crippen molar-refractivity contribution < 1.29 is 23.9 Å². The van der Waals surface area contributed by atoms with E-state index in [4.69, 9.17) is 18.9 Å². The second-order valence-electron chi connectivity index (χ2n) is 3.97. The molecule has 0 atom stereocenters. The zero-order chi connectivity index (χ0) is 15.5. The number of nitro benzene ring substituents is 1. The Balaban J connectivity index is 2.17. The lowest BCUT2D eigenvalue weighted by molar-refractivity contribution is -0.385. The van der Waals surface area contributed by atoms with E-state index in [1.54, 1.807) is 13.2 Å². The molecule has 0 N–H and O–H groups in total. The maximum atomic E-state index is 10.7. The molecular formula is C13H18BrNO6. The van der Waals surface area contributed by atoms with Crippen molar-refractivity contribution in [3.8, 4) is 5.75 Å². The molecule has 0 saturated carbocycles. The number of nitro groups is 1. The van der Waals surface area contributed by atoms with Crippen molar-refractivity contribution in [2.24, 2.45) is 0 Å². The minimum absolute atomic E-state index is 0.0214. The Hall–Kier alpha value is -1.22. The highest BCUT2D eigenvalue weighted by atomic mass is 79.9. The molecule has 0 radical (unpaired) electrons. The van der Waals surface area contributed by atoms with E-state index in [0.29, 0.717) is 49.9 Å². The van der Waals surface area contributed by atoms with E-state index < -0.39 is 4.92 Å². The van der Waals surface area contributed by atoms with Crippen molar-refractivity contribution in [2.45, 2.75) is 0 Å². The highest BCUT2D eigenvalue weighted by Crippen LogP contribution is 2.25. The molecule has 0 aliphatic heterocycles. The summed E-state index contributed by atoms with van der Waals surface area (Å²) in [6, 6.07) is 4.46. The van der Waals surface area contributed by atoms with Gasteiger partial charge in [-0.05, 0) is 6.07 Å². The van der Waals surface area contributed by atoms with Gasteiger partial charge in [0.05, 0.1) is 44.0 Å². The zero-order valence-corrected chi connectivity index (χ0v) is 13.3. The summed E-state index contributed by atoms with van der Waals surface area (Å²) in [7, 11) is 1.61. The number of rotatable bonds is 11. The van der Waals surface area contributed by atoms with E-state index in [1.807, 2.05) is 0 Å². The lowest BCUT2D eigenvalue weighted by Gasteiger charge is -2.08. The van der Waals surface area contributed by atoms with Crippen LogP contribution in [0.1, 0.15) is 0 Å². The van der Waals surface area contributed by atoms with E-state index in [1.165, 1.54) is 12.1 Å². The first-order chi connectivity index (χ1) is 10.1. The predicted octanol–water partition coefficient (Wildman–Crippen LogP) is 2.42. The molecule has 1 rings (SSSR count). The standard InChI is InChI=1S/C13H18BrNO6/c1-18-2-3-19-4-5-20-6-7-21-13-9-11(14)8-12(10-13)15(16)17/h8-10H,2-7H2,1H3. The van der Waals surface area contributed by atoms with Crippen LogP contribution in [0.3, 0.4) is 0 Å².